The monoisotopic (exact) mass is 527 g/mol. The molecule has 0 N–H and O–H groups in total. The van der Waals surface area contributed by atoms with E-state index in [2.05, 4.69) is 83.6 Å². The highest BCUT2D eigenvalue weighted by Gasteiger charge is 2.56. The van der Waals surface area contributed by atoms with Gasteiger partial charge in [-0.2, -0.15) is 0 Å². The minimum atomic E-state index is -3.16. The lowest BCUT2D eigenvalue weighted by Crippen LogP contribution is -2.66. The zero-order valence-electron chi connectivity index (χ0n) is 21.5. The van der Waals surface area contributed by atoms with Gasteiger partial charge >= 0.3 is 17.6 Å². The first kappa shape index (κ1) is 30.5. The van der Waals surface area contributed by atoms with Gasteiger partial charge < -0.3 is 20.6 Å². The Balaban J connectivity index is 6.29. The van der Waals surface area contributed by atoms with E-state index in [-0.39, 0.29) is 0 Å². The molecule has 0 aliphatic heterocycles. The molecular formula is C17H45NO6Si6. The Morgan fingerprint density at radius 3 is 1.27 bits per heavy atom. The molecule has 0 aliphatic carbocycles. The quantitative estimate of drug-likeness (QED) is 0.126. The molecule has 178 valence electrons. The first-order valence-corrected chi connectivity index (χ1v) is 28.4. The summed E-state index contributed by atoms with van der Waals surface area (Å²) < 4.78 is 33.6. The van der Waals surface area contributed by atoms with Gasteiger partial charge in [-0.1, -0.05) is 0 Å². The fourth-order valence-corrected chi connectivity index (χ4v) is 26.7. The fourth-order valence-electron chi connectivity index (χ4n) is 3.03. The Labute approximate surface area is 191 Å². The Morgan fingerprint density at radius 2 is 0.967 bits per heavy atom. The summed E-state index contributed by atoms with van der Waals surface area (Å²) >= 11 is 0. The molecule has 0 bridgehead atoms. The minimum Gasteiger partial charge on any atom is -0.417 e. The van der Waals surface area contributed by atoms with Gasteiger partial charge in [-0.25, -0.2) is 9.79 Å². The third kappa shape index (κ3) is 15.3. The van der Waals surface area contributed by atoms with Crippen molar-refractivity contribution >= 4 is 57.0 Å². The van der Waals surface area contributed by atoms with E-state index in [0.29, 0.717) is 19.0 Å². The van der Waals surface area contributed by atoms with Gasteiger partial charge in [0.05, 0.1) is 6.54 Å². The number of aliphatic imine (C=N–C) groups is 1. The minimum absolute atomic E-state index is 0.383. The van der Waals surface area contributed by atoms with Crippen molar-refractivity contribution in [1.29, 1.82) is 0 Å². The van der Waals surface area contributed by atoms with Gasteiger partial charge in [0, 0.05) is 12.6 Å². The van der Waals surface area contributed by atoms with Gasteiger partial charge in [0.25, 0.3) is 0 Å². The third-order valence-corrected chi connectivity index (χ3v) is 22.0. The van der Waals surface area contributed by atoms with Crippen LogP contribution in [0.5, 0.6) is 0 Å². The number of hydrogen-bond acceptors (Lipinski definition) is 7. The SMILES string of the molecule is C[Si](C)(C)O[Si](C)(O[Si](C)(C)C)O[Si](CCCN=C=O)(O[Si](C)(C)C)O[Si](C)(C)C. The molecule has 0 aromatic rings. The predicted octanol–water partition coefficient (Wildman–Crippen LogP) is 5.64. The number of rotatable bonds is 14. The number of carbonyl (C=O) groups excluding carboxylic acids is 1. The zero-order chi connectivity index (χ0) is 24.1. The molecule has 0 rings (SSSR count). The average molecular weight is 528 g/mol. The molecule has 0 saturated heterocycles. The molecule has 13 heteroatoms. The van der Waals surface area contributed by atoms with Crippen molar-refractivity contribution in [3.8, 4) is 0 Å². The van der Waals surface area contributed by atoms with Crippen molar-refractivity contribution in [1.82, 2.24) is 0 Å². The Kier molecular flexibility index (Phi) is 11.2. The van der Waals surface area contributed by atoms with Crippen LogP contribution in [-0.4, -0.2) is 63.5 Å². The van der Waals surface area contributed by atoms with Crippen LogP contribution >= 0.6 is 0 Å². The lowest BCUT2D eigenvalue weighted by Gasteiger charge is -2.46. The maximum atomic E-state index is 10.5. The van der Waals surface area contributed by atoms with Crippen molar-refractivity contribution in [3.63, 3.8) is 0 Å². The van der Waals surface area contributed by atoms with E-state index in [0.717, 1.165) is 0 Å². The second kappa shape index (κ2) is 11.1. The molecule has 0 radical (unpaired) electrons. The number of hydrogen-bond donors (Lipinski definition) is 0. The molecule has 0 amide bonds. The lowest BCUT2D eigenvalue weighted by molar-refractivity contribution is 0.178. The maximum absolute atomic E-state index is 10.5. The summed E-state index contributed by atoms with van der Waals surface area (Å²) in [6, 6.07) is 0.583. The van der Waals surface area contributed by atoms with Crippen molar-refractivity contribution in [2.75, 3.05) is 6.54 Å². The molecule has 0 heterocycles. The molecule has 30 heavy (non-hydrogen) atoms. The smallest absolute Gasteiger partial charge is 0.417 e. The van der Waals surface area contributed by atoms with Crippen molar-refractivity contribution < 1.29 is 25.4 Å². The van der Waals surface area contributed by atoms with Gasteiger partial charge in [0.1, 0.15) is 0 Å². The number of isocyanates is 1. The molecule has 0 fully saturated rings. The van der Waals surface area contributed by atoms with Gasteiger partial charge in [-0.15, -0.1) is 0 Å². The van der Waals surface area contributed by atoms with Gasteiger partial charge in [0.15, 0.2) is 33.3 Å². The summed E-state index contributed by atoms with van der Waals surface area (Å²) in [6.45, 7) is 28.1. The van der Waals surface area contributed by atoms with Gasteiger partial charge in [0.2, 0.25) is 6.08 Å². The average Bonchev–Trinajstić information content (AvgIpc) is 2.34. The summed E-state index contributed by atoms with van der Waals surface area (Å²) in [5.41, 5.74) is 0. The highest BCUT2D eigenvalue weighted by atomic mass is 28.5. The highest BCUT2D eigenvalue weighted by molar-refractivity contribution is 6.92. The van der Waals surface area contributed by atoms with Crippen LogP contribution in [0.4, 0.5) is 0 Å². The van der Waals surface area contributed by atoms with Crippen molar-refractivity contribution in [2.45, 2.75) is 97.6 Å². The maximum Gasteiger partial charge on any atom is 0.472 e. The summed E-state index contributed by atoms with van der Waals surface area (Å²) in [5.74, 6) is 0. The molecule has 0 aromatic heterocycles. The van der Waals surface area contributed by atoms with Crippen LogP contribution in [0.15, 0.2) is 4.99 Å². The fraction of sp³-hybridized carbons (Fsp3) is 0.941. The Hall–Kier alpha value is 0.481. The standard InChI is InChI=1S/C17H45NO6Si6/c1-25(2,3)20-29(13,21-26(4,5)6)24-30(22-27(7,8)9,23-28(10,11)12)16-14-15-18-17-19/h14-16H2,1-13H3. The normalized spacial score (nSPS) is 14.6. The van der Waals surface area contributed by atoms with Crippen LogP contribution in [-0.2, 0) is 25.4 Å². The first-order valence-electron chi connectivity index (χ1n) is 10.6. The summed E-state index contributed by atoms with van der Waals surface area (Å²) in [4.78, 5) is 14.3. The Bertz CT molecular complexity index is 556. The third-order valence-electron chi connectivity index (χ3n) is 3.06. The van der Waals surface area contributed by atoms with E-state index in [1.165, 1.54) is 0 Å². The van der Waals surface area contributed by atoms with E-state index in [9.17, 15) is 4.79 Å². The van der Waals surface area contributed by atoms with Crippen LogP contribution < -0.4 is 0 Å². The molecule has 0 aromatic carbocycles. The topological polar surface area (TPSA) is 75.6 Å². The lowest BCUT2D eigenvalue weighted by atomic mass is 10.5. The molecule has 0 aliphatic rings. The molecule has 0 saturated carbocycles. The largest absolute Gasteiger partial charge is 0.472 e. The first-order chi connectivity index (χ1) is 13.1. The molecule has 0 unspecified atom stereocenters. The van der Waals surface area contributed by atoms with Crippen molar-refractivity contribution in [2.24, 2.45) is 4.99 Å². The molecule has 0 atom stereocenters. The van der Waals surface area contributed by atoms with E-state index < -0.39 is 50.9 Å². The van der Waals surface area contributed by atoms with Gasteiger partial charge in [-0.05, 0) is 85.0 Å². The van der Waals surface area contributed by atoms with Crippen LogP contribution in [0.2, 0.25) is 91.2 Å². The van der Waals surface area contributed by atoms with Crippen LogP contribution in [0, 0.1) is 0 Å². The number of nitrogens with zero attached hydrogens (tertiary/aromatic N) is 1. The predicted molar refractivity (Wildman–Crippen MR) is 139 cm³/mol. The zero-order valence-corrected chi connectivity index (χ0v) is 27.5. The van der Waals surface area contributed by atoms with E-state index >= 15 is 0 Å². The van der Waals surface area contributed by atoms with Crippen LogP contribution in [0.3, 0.4) is 0 Å². The van der Waals surface area contributed by atoms with Crippen molar-refractivity contribution in [3.05, 3.63) is 0 Å². The second-order valence-corrected chi connectivity index (χ2v) is 36.2. The van der Waals surface area contributed by atoms with Gasteiger partial charge in [-0.3, -0.25) is 0 Å². The summed E-state index contributed by atoms with van der Waals surface area (Å²) in [6.07, 6.45) is 2.26. The highest BCUT2D eigenvalue weighted by Crippen LogP contribution is 2.33. The summed E-state index contributed by atoms with van der Waals surface area (Å²) in [7, 11) is -14.2. The molecule has 0 spiro atoms. The summed E-state index contributed by atoms with van der Waals surface area (Å²) in [5, 5.41) is 0. The van der Waals surface area contributed by atoms with Crippen LogP contribution in [0.1, 0.15) is 6.42 Å². The van der Waals surface area contributed by atoms with E-state index in [1.54, 1.807) is 6.08 Å². The van der Waals surface area contributed by atoms with Crippen LogP contribution in [0.25, 0.3) is 0 Å². The molecular weight excluding hydrogens is 483 g/mol. The van der Waals surface area contributed by atoms with E-state index in [4.69, 9.17) is 20.6 Å². The van der Waals surface area contributed by atoms with E-state index in [1.807, 2.05) is 6.55 Å². The second-order valence-electron chi connectivity index (χ2n) is 11.6. The molecule has 7 nitrogen and oxygen atoms in total. The Morgan fingerprint density at radius 1 is 0.600 bits per heavy atom.